The molecule has 0 unspecified atom stereocenters. The van der Waals surface area contributed by atoms with Gasteiger partial charge < -0.3 is 5.73 Å². The Hall–Kier alpha value is -1.14. The molecule has 112 valence electrons. The van der Waals surface area contributed by atoms with E-state index < -0.39 is 15.8 Å². The molecule has 0 saturated heterocycles. The standard InChI is InChI=1S/C14H21FN2O2S/c1-4-17(8-11-5-6-11)20(18,19)14-9(2)7-12(15)13(16)10(14)3/h7,11H,4-6,8,16H2,1-3H3. The van der Waals surface area contributed by atoms with Gasteiger partial charge in [0.2, 0.25) is 10.0 Å². The van der Waals surface area contributed by atoms with E-state index in [2.05, 4.69) is 0 Å². The fourth-order valence-corrected chi connectivity index (χ4v) is 4.41. The van der Waals surface area contributed by atoms with Crippen LogP contribution < -0.4 is 5.73 Å². The minimum absolute atomic E-state index is 0.0864. The topological polar surface area (TPSA) is 63.4 Å². The number of benzene rings is 1. The highest BCUT2D eigenvalue weighted by molar-refractivity contribution is 7.89. The molecule has 1 saturated carbocycles. The zero-order chi connectivity index (χ0) is 15.1. The van der Waals surface area contributed by atoms with E-state index >= 15 is 0 Å². The maximum absolute atomic E-state index is 13.6. The highest BCUT2D eigenvalue weighted by Gasteiger charge is 2.33. The van der Waals surface area contributed by atoms with E-state index in [9.17, 15) is 12.8 Å². The summed E-state index contributed by atoms with van der Waals surface area (Å²) in [5.74, 6) is -0.104. The van der Waals surface area contributed by atoms with Gasteiger partial charge in [0.25, 0.3) is 0 Å². The Bertz CT molecular complexity index is 625. The molecule has 1 aromatic rings. The molecule has 0 amide bonds. The van der Waals surface area contributed by atoms with Gasteiger partial charge in [-0.05, 0) is 49.8 Å². The molecule has 1 aromatic carbocycles. The van der Waals surface area contributed by atoms with Crippen molar-refractivity contribution in [3.05, 3.63) is 23.0 Å². The van der Waals surface area contributed by atoms with Crippen LogP contribution in [0.3, 0.4) is 0 Å². The summed E-state index contributed by atoms with van der Waals surface area (Å²) in [6.07, 6.45) is 2.16. The van der Waals surface area contributed by atoms with Crippen LogP contribution in [0.5, 0.6) is 0 Å². The smallest absolute Gasteiger partial charge is 0.243 e. The van der Waals surface area contributed by atoms with Crippen molar-refractivity contribution in [2.24, 2.45) is 5.92 Å². The van der Waals surface area contributed by atoms with Gasteiger partial charge in [0.1, 0.15) is 5.82 Å². The van der Waals surface area contributed by atoms with Crippen molar-refractivity contribution in [2.45, 2.75) is 38.5 Å². The van der Waals surface area contributed by atoms with Gasteiger partial charge in [0.15, 0.2) is 0 Å². The Kier molecular flexibility index (Phi) is 4.07. The first-order chi connectivity index (χ1) is 9.28. The molecule has 2 rings (SSSR count). The zero-order valence-electron chi connectivity index (χ0n) is 12.1. The largest absolute Gasteiger partial charge is 0.396 e. The molecular formula is C14H21FN2O2S. The van der Waals surface area contributed by atoms with E-state index in [0.717, 1.165) is 12.8 Å². The lowest BCUT2D eigenvalue weighted by Gasteiger charge is -2.23. The van der Waals surface area contributed by atoms with E-state index in [0.29, 0.717) is 30.1 Å². The SMILES string of the molecule is CCN(CC1CC1)S(=O)(=O)c1c(C)cc(F)c(N)c1C. The van der Waals surface area contributed by atoms with Crippen LogP contribution in [0.1, 0.15) is 30.9 Å². The number of anilines is 1. The molecule has 0 atom stereocenters. The van der Waals surface area contributed by atoms with Gasteiger partial charge in [-0.3, -0.25) is 0 Å². The van der Waals surface area contributed by atoms with Crippen LogP contribution in [-0.4, -0.2) is 25.8 Å². The molecule has 0 aliphatic heterocycles. The van der Waals surface area contributed by atoms with Gasteiger partial charge >= 0.3 is 0 Å². The maximum Gasteiger partial charge on any atom is 0.243 e. The molecule has 1 fully saturated rings. The normalized spacial score (nSPS) is 15.8. The number of rotatable bonds is 5. The van der Waals surface area contributed by atoms with Crippen molar-refractivity contribution in [3.63, 3.8) is 0 Å². The quantitative estimate of drug-likeness (QED) is 0.850. The van der Waals surface area contributed by atoms with Gasteiger partial charge in [-0.2, -0.15) is 4.31 Å². The van der Waals surface area contributed by atoms with Crippen molar-refractivity contribution in [1.29, 1.82) is 0 Å². The maximum atomic E-state index is 13.6. The lowest BCUT2D eigenvalue weighted by molar-refractivity contribution is 0.411. The number of hydrogen-bond acceptors (Lipinski definition) is 3. The Morgan fingerprint density at radius 2 is 2.00 bits per heavy atom. The number of nitrogens with two attached hydrogens (primary N) is 1. The highest BCUT2D eigenvalue weighted by atomic mass is 32.2. The lowest BCUT2D eigenvalue weighted by atomic mass is 10.1. The summed E-state index contributed by atoms with van der Waals surface area (Å²) in [6, 6.07) is 1.19. The molecule has 0 aromatic heterocycles. The first kappa shape index (κ1) is 15.3. The fraction of sp³-hybridized carbons (Fsp3) is 0.571. The molecule has 6 heteroatoms. The average Bonchev–Trinajstić information content (AvgIpc) is 3.16. The van der Waals surface area contributed by atoms with Crippen molar-refractivity contribution < 1.29 is 12.8 Å². The summed E-state index contributed by atoms with van der Waals surface area (Å²) in [7, 11) is -3.62. The third-order valence-corrected chi connectivity index (χ3v) is 6.04. The second kappa shape index (κ2) is 5.33. The van der Waals surface area contributed by atoms with Gasteiger partial charge in [0, 0.05) is 13.1 Å². The number of aryl methyl sites for hydroxylation is 1. The lowest BCUT2D eigenvalue weighted by Crippen LogP contribution is -2.33. The third kappa shape index (κ3) is 2.67. The van der Waals surface area contributed by atoms with E-state index in [1.54, 1.807) is 13.8 Å². The number of sulfonamides is 1. The van der Waals surface area contributed by atoms with Crippen LogP contribution >= 0.6 is 0 Å². The van der Waals surface area contributed by atoms with Crippen LogP contribution in [0.4, 0.5) is 10.1 Å². The summed E-state index contributed by atoms with van der Waals surface area (Å²) in [5.41, 5.74) is 6.27. The molecule has 0 spiro atoms. The predicted molar refractivity (Wildman–Crippen MR) is 77.4 cm³/mol. The average molecular weight is 300 g/mol. The molecule has 1 aliphatic carbocycles. The van der Waals surface area contributed by atoms with Crippen LogP contribution in [0, 0.1) is 25.6 Å². The Balaban J connectivity index is 2.50. The summed E-state index contributed by atoms with van der Waals surface area (Å²) < 4.78 is 40.6. The Labute approximate surface area is 119 Å². The Morgan fingerprint density at radius 3 is 2.50 bits per heavy atom. The van der Waals surface area contributed by atoms with Crippen LogP contribution in [0.2, 0.25) is 0 Å². The summed E-state index contributed by atoms with van der Waals surface area (Å²) in [6.45, 7) is 5.93. The molecule has 2 N–H and O–H groups in total. The van der Waals surface area contributed by atoms with Crippen molar-refractivity contribution in [3.8, 4) is 0 Å². The number of halogens is 1. The van der Waals surface area contributed by atoms with Crippen LogP contribution in [0.15, 0.2) is 11.0 Å². The predicted octanol–water partition coefficient (Wildman–Crippen LogP) is 2.45. The second-order valence-corrected chi connectivity index (χ2v) is 7.32. The first-order valence-corrected chi connectivity index (χ1v) is 8.28. The highest BCUT2D eigenvalue weighted by Crippen LogP contribution is 2.34. The van der Waals surface area contributed by atoms with Crippen molar-refractivity contribution in [1.82, 2.24) is 4.31 Å². The van der Waals surface area contributed by atoms with E-state index in [4.69, 9.17) is 5.73 Å². The summed E-state index contributed by atoms with van der Waals surface area (Å²) in [4.78, 5) is 0.152. The summed E-state index contributed by atoms with van der Waals surface area (Å²) >= 11 is 0. The molecule has 20 heavy (non-hydrogen) atoms. The molecule has 4 nitrogen and oxygen atoms in total. The van der Waals surface area contributed by atoms with E-state index in [1.807, 2.05) is 6.92 Å². The third-order valence-electron chi connectivity index (χ3n) is 3.81. The number of nitrogens with zero attached hydrogens (tertiary/aromatic N) is 1. The fourth-order valence-electron chi connectivity index (χ4n) is 2.44. The van der Waals surface area contributed by atoms with Gasteiger partial charge in [-0.25, -0.2) is 12.8 Å². The van der Waals surface area contributed by atoms with E-state index in [-0.39, 0.29) is 10.6 Å². The molecule has 0 radical (unpaired) electrons. The molecule has 0 bridgehead atoms. The Morgan fingerprint density at radius 1 is 1.40 bits per heavy atom. The molecule has 0 heterocycles. The van der Waals surface area contributed by atoms with Crippen LogP contribution in [-0.2, 0) is 10.0 Å². The first-order valence-electron chi connectivity index (χ1n) is 6.84. The van der Waals surface area contributed by atoms with Crippen molar-refractivity contribution in [2.75, 3.05) is 18.8 Å². The zero-order valence-corrected chi connectivity index (χ0v) is 12.9. The summed E-state index contributed by atoms with van der Waals surface area (Å²) in [5, 5.41) is 0. The van der Waals surface area contributed by atoms with Crippen molar-refractivity contribution >= 4 is 15.7 Å². The van der Waals surface area contributed by atoms with E-state index in [1.165, 1.54) is 10.4 Å². The minimum atomic E-state index is -3.62. The van der Waals surface area contributed by atoms with Gasteiger partial charge in [-0.1, -0.05) is 6.92 Å². The number of hydrogen-bond donors (Lipinski definition) is 1. The second-order valence-electron chi connectivity index (χ2n) is 5.44. The van der Waals surface area contributed by atoms with Gasteiger partial charge in [0.05, 0.1) is 10.6 Å². The molecular weight excluding hydrogens is 279 g/mol. The molecule has 1 aliphatic rings. The minimum Gasteiger partial charge on any atom is -0.396 e. The van der Waals surface area contributed by atoms with Crippen LogP contribution in [0.25, 0.3) is 0 Å². The monoisotopic (exact) mass is 300 g/mol. The number of nitrogen functional groups attached to an aromatic ring is 1. The van der Waals surface area contributed by atoms with Gasteiger partial charge in [-0.15, -0.1) is 0 Å².